The van der Waals surface area contributed by atoms with Crippen molar-refractivity contribution in [3.63, 3.8) is 0 Å². The van der Waals surface area contributed by atoms with Gasteiger partial charge in [-0.3, -0.25) is 9.48 Å². The number of aromatic hydroxyl groups is 1. The lowest BCUT2D eigenvalue weighted by molar-refractivity contribution is 0.0952. The lowest BCUT2D eigenvalue weighted by atomic mass is 10.2. The topological polar surface area (TPSA) is 79.5 Å². The highest BCUT2D eigenvalue weighted by atomic mass is 79.9. The van der Waals surface area contributed by atoms with Crippen LogP contribution in [0.3, 0.4) is 0 Å². The number of hydrogen-bond acceptors (Lipinski definition) is 4. The maximum absolute atomic E-state index is 12.2. The van der Waals surface area contributed by atoms with Crippen LogP contribution in [-0.4, -0.2) is 27.0 Å². The van der Waals surface area contributed by atoms with E-state index >= 15 is 0 Å². The van der Waals surface area contributed by atoms with Crippen LogP contribution in [0, 0.1) is 13.8 Å². The number of hydrogen-bond donors (Lipinski definition) is 2. The first kappa shape index (κ1) is 18.8. The second kappa shape index (κ2) is 8.18. The van der Waals surface area contributed by atoms with Gasteiger partial charge in [0.2, 0.25) is 0 Å². The predicted octanol–water partition coefficient (Wildman–Crippen LogP) is 3.78. The molecule has 3 aromatic rings. The molecule has 1 amide bonds. The molecule has 0 aliphatic carbocycles. The van der Waals surface area contributed by atoms with Crippen molar-refractivity contribution in [3.05, 3.63) is 81.1 Å². The summed E-state index contributed by atoms with van der Waals surface area (Å²) < 4.78 is 2.61. The van der Waals surface area contributed by atoms with Gasteiger partial charge in [0.25, 0.3) is 5.91 Å². The van der Waals surface area contributed by atoms with Crippen LogP contribution in [0.2, 0.25) is 0 Å². The zero-order chi connectivity index (χ0) is 19.4. The Morgan fingerprint density at radius 2 is 2.00 bits per heavy atom. The fraction of sp³-hybridized carbons (Fsp3) is 0.150. The second-order valence-electron chi connectivity index (χ2n) is 6.09. The molecule has 138 valence electrons. The van der Waals surface area contributed by atoms with Gasteiger partial charge in [-0.15, -0.1) is 0 Å². The van der Waals surface area contributed by atoms with E-state index in [0.717, 1.165) is 22.5 Å². The quantitative estimate of drug-likeness (QED) is 0.481. The molecule has 3 rings (SSSR count). The van der Waals surface area contributed by atoms with Gasteiger partial charge in [0.15, 0.2) is 0 Å². The summed E-state index contributed by atoms with van der Waals surface area (Å²) in [5.41, 5.74) is 6.38. The molecule has 0 atom stereocenters. The molecular weight excluding hydrogens is 408 g/mol. The molecule has 1 aromatic heterocycles. The minimum Gasteiger partial charge on any atom is -0.507 e. The molecule has 0 spiro atoms. The van der Waals surface area contributed by atoms with Crippen LogP contribution >= 0.6 is 15.9 Å². The summed E-state index contributed by atoms with van der Waals surface area (Å²) in [6, 6.07) is 14.7. The molecule has 0 bridgehead atoms. The molecule has 6 nitrogen and oxygen atoms in total. The number of hydrazone groups is 1. The molecular formula is C20H19BrN4O2. The standard InChI is InChI=1S/C20H19BrN4O2/c1-13-18(14(2)25(24-13)12-15-6-4-3-5-7-15)11-22-23-20(27)17-10-16(21)8-9-19(17)26/h3-11,26H,12H2,1-2H3,(H,23,27)/b22-11-. The summed E-state index contributed by atoms with van der Waals surface area (Å²) >= 11 is 3.28. The summed E-state index contributed by atoms with van der Waals surface area (Å²) in [6.45, 7) is 4.53. The molecule has 0 fully saturated rings. The molecule has 1 heterocycles. The summed E-state index contributed by atoms with van der Waals surface area (Å²) in [6.07, 6.45) is 1.58. The third-order valence-electron chi connectivity index (χ3n) is 4.18. The van der Waals surface area contributed by atoms with Crippen LogP contribution < -0.4 is 5.43 Å². The summed E-state index contributed by atoms with van der Waals surface area (Å²) in [4.78, 5) is 12.2. The number of amides is 1. The normalized spacial score (nSPS) is 11.1. The van der Waals surface area contributed by atoms with Crippen molar-refractivity contribution in [2.75, 3.05) is 0 Å². The summed E-state index contributed by atoms with van der Waals surface area (Å²) in [7, 11) is 0. The molecule has 0 saturated carbocycles. The molecule has 0 unspecified atom stereocenters. The van der Waals surface area contributed by atoms with Gasteiger partial charge in [0.1, 0.15) is 5.75 Å². The highest BCUT2D eigenvalue weighted by molar-refractivity contribution is 9.10. The molecule has 0 aliphatic rings. The first-order chi connectivity index (χ1) is 13.0. The zero-order valence-corrected chi connectivity index (χ0v) is 16.6. The van der Waals surface area contributed by atoms with E-state index < -0.39 is 5.91 Å². The van der Waals surface area contributed by atoms with E-state index in [1.54, 1.807) is 12.3 Å². The van der Waals surface area contributed by atoms with E-state index in [1.807, 2.05) is 36.7 Å². The van der Waals surface area contributed by atoms with E-state index in [-0.39, 0.29) is 11.3 Å². The van der Waals surface area contributed by atoms with E-state index in [2.05, 4.69) is 43.7 Å². The number of nitrogens with one attached hydrogen (secondary N) is 1. The van der Waals surface area contributed by atoms with Crippen LogP contribution in [0.5, 0.6) is 5.75 Å². The van der Waals surface area contributed by atoms with E-state index in [9.17, 15) is 9.90 Å². The number of carbonyl (C=O) groups excluding carboxylic acids is 1. The van der Waals surface area contributed by atoms with Crippen LogP contribution in [-0.2, 0) is 6.54 Å². The lowest BCUT2D eigenvalue weighted by Gasteiger charge is -2.05. The van der Waals surface area contributed by atoms with Crippen LogP contribution in [0.15, 0.2) is 58.1 Å². The smallest absolute Gasteiger partial charge is 0.275 e. The molecule has 0 aliphatic heterocycles. The van der Waals surface area contributed by atoms with E-state index in [1.165, 1.54) is 12.1 Å². The van der Waals surface area contributed by atoms with Gasteiger partial charge in [0.05, 0.1) is 24.0 Å². The van der Waals surface area contributed by atoms with Crippen LogP contribution in [0.25, 0.3) is 0 Å². The molecule has 7 heteroatoms. The first-order valence-corrected chi connectivity index (χ1v) is 9.15. The van der Waals surface area contributed by atoms with Crippen molar-refractivity contribution >= 4 is 28.1 Å². The Labute approximate surface area is 165 Å². The number of aromatic nitrogens is 2. The predicted molar refractivity (Wildman–Crippen MR) is 108 cm³/mol. The summed E-state index contributed by atoms with van der Waals surface area (Å²) in [5, 5.41) is 18.4. The Balaban J connectivity index is 1.74. The van der Waals surface area contributed by atoms with Crippen molar-refractivity contribution in [2.24, 2.45) is 5.10 Å². The Bertz CT molecular complexity index is 997. The number of phenols is 1. The van der Waals surface area contributed by atoms with Crippen molar-refractivity contribution in [1.82, 2.24) is 15.2 Å². The average Bonchev–Trinajstić information content (AvgIpc) is 2.91. The lowest BCUT2D eigenvalue weighted by Crippen LogP contribution is -2.17. The Hall–Kier alpha value is -2.93. The number of phenolic OH excluding ortho intramolecular Hbond substituents is 1. The van der Waals surface area contributed by atoms with Gasteiger partial charge < -0.3 is 5.11 Å². The van der Waals surface area contributed by atoms with Gasteiger partial charge in [-0.1, -0.05) is 46.3 Å². The highest BCUT2D eigenvalue weighted by Gasteiger charge is 2.12. The van der Waals surface area contributed by atoms with Gasteiger partial charge in [0, 0.05) is 15.7 Å². The molecule has 27 heavy (non-hydrogen) atoms. The van der Waals surface area contributed by atoms with Crippen LogP contribution in [0.1, 0.15) is 32.9 Å². The molecule has 0 radical (unpaired) electrons. The minimum atomic E-state index is -0.489. The number of halogens is 1. The van der Waals surface area contributed by atoms with E-state index in [0.29, 0.717) is 11.0 Å². The molecule has 2 aromatic carbocycles. The van der Waals surface area contributed by atoms with Crippen molar-refractivity contribution in [2.45, 2.75) is 20.4 Å². The summed E-state index contributed by atoms with van der Waals surface area (Å²) in [5.74, 6) is -0.592. The Kier molecular flexibility index (Phi) is 5.71. The van der Waals surface area contributed by atoms with Crippen molar-refractivity contribution in [1.29, 1.82) is 0 Å². The maximum atomic E-state index is 12.2. The Morgan fingerprint density at radius 1 is 1.26 bits per heavy atom. The van der Waals surface area contributed by atoms with Gasteiger partial charge >= 0.3 is 0 Å². The second-order valence-corrected chi connectivity index (χ2v) is 7.00. The SMILES string of the molecule is Cc1nn(Cc2ccccc2)c(C)c1/C=N\NC(=O)c1cc(Br)ccc1O. The number of nitrogens with zero attached hydrogens (tertiary/aromatic N) is 3. The largest absolute Gasteiger partial charge is 0.507 e. The van der Waals surface area contributed by atoms with Gasteiger partial charge in [-0.05, 0) is 37.6 Å². The first-order valence-electron chi connectivity index (χ1n) is 8.35. The maximum Gasteiger partial charge on any atom is 0.275 e. The number of carbonyl (C=O) groups is 1. The van der Waals surface area contributed by atoms with Gasteiger partial charge in [-0.25, -0.2) is 5.43 Å². The van der Waals surface area contributed by atoms with Crippen molar-refractivity contribution in [3.8, 4) is 5.75 Å². The molecule has 2 N–H and O–H groups in total. The third kappa shape index (κ3) is 4.43. The van der Waals surface area contributed by atoms with Crippen LogP contribution in [0.4, 0.5) is 0 Å². The number of rotatable bonds is 5. The van der Waals surface area contributed by atoms with E-state index in [4.69, 9.17) is 0 Å². The molecule has 0 saturated heterocycles. The Morgan fingerprint density at radius 3 is 2.74 bits per heavy atom. The van der Waals surface area contributed by atoms with Gasteiger partial charge in [-0.2, -0.15) is 10.2 Å². The fourth-order valence-electron chi connectivity index (χ4n) is 2.71. The fourth-order valence-corrected chi connectivity index (χ4v) is 3.07. The zero-order valence-electron chi connectivity index (χ0n) is 15.0. The monoisotopic (exact) mass is 426 g/mol. The number of benzene rings is 2. The minimum absolute atomic E-state index is 0.103. The average molecular weight is 427 g/mol. The third-order valence-corrected chi connectivity index (χ3v) is 4.67. The number of aryl methyl sites for hydroxylation is 1. The highest BCUT2D eigenvalue weighted by Crippen LogP contribution is 2.21. The van der Waals surface area contributed by atoms with Crippen molar-refractivity contribution < 1.29 is 9.90 Å².